The Morgan fingerprint density at radius 3 is 2.81 bits per heavy atom. The van der Waals surface area contributed by atoms with Crippen LogP contribution in [0.4, 0.5) is 0 Å². The highest BCUT2D eigenvalue weighted by atomic mass is 32.1. The third-order valence-corrected chi connectivity index (χ3v) is 2.96. The quantitative estimate of drug-likeness (QED) is 0.883. The highest BCUT2D eigenvalue weighted by molar-refractivity contribution is 7.09. The number of benzene rings is 1. The Bertz CT molecular complexity index is 479. The van der Waals surface area contributed by atoms with Gasteiger partial charge >= 0.3 is 0 Å². The van der Waals surface area contributed by atoms with E-state index in [4.69, 9.17) is 0 Å². The molecule has 1 aromatic carbocycles. The molecular formula is C12H12N2OS. The van der Waals surface area contributed by atoms with Crippen LogP contribution in [0.2, 0.25) is 0 Å². The third kappa shape index (κ3) is 2.67. The summed E-state index contributed by atoms with van der Waals surface area (Å²) in [6.45, 7) is 2.01. The SMILES string of the molecule is CC(=O)NCc1nc(-c2ccccc2)cs1. The summed E-state index contributed by atoms with van der Waals surface area (Å²) >= 11 is 1.56. The second kappa shape index (κ2) is 4.90. The Labute approximate surface area is 98.2 Å². The summed E-state index contributed by atoms with van der Waals surface area (Å²) in [4.78, 5) is 15.2. The summed E-state index contributed by atoms with van der Waals surface area (Å²) in [6, 6.07) is 10.0. The molecule has 0 bridgehead atoms. The molecule has 3 nitrogen and oxygen atoms in total. The Balaban J connectivity index is 2.11. The van der Waals surface area contributed by atoms with E-state index in [1.807, 2.05) is 35.7 Å². The molecule has 16 heavy (non-hydrogen) atoms. The number of thiazole rings is 1. The molecular weight excluding hydrogens is 220 g/mol. The lowest BCUT2D eigenvalue weighted by atomic mass is 10.2. The van der Waals surface area contributed by atoms with E-state index in [0.29, 0.717) is 6.54 Å². The van der Waals surface area contributed by atoms with Crippen molar-refractivity contribution in [1.29, 1.82) is 0 Å². The van der Waals surface area contributed by atoms with Gasteiger partial charge in [-0.2, -0.15) is 0 Å². The Morgan fingerprint density at radius 2 is 2.12 bits per heavy atom. The van der Waals surface area contributed by atoms with Crippen molar-refractivity contribution in [3.05, 3.63) is 40.7 Å². The van der Waals surface area contributed by atoms with Crippen LogP contribution >= 0.6 is 11.3 Å². The number of carbonyl (C=O) groups excluding carboxylic acids is 1. The van der Waals surface area contributed by atoms with Crippen LogP contribution in [-0.2, 0) is 11.3 Å². The maximum Gasteiger partial charge on any atom is 0.217 e. The van der Waals surface area contributed by atoms with Crippen LogP contribution in [0.25, 0.3) is 11.3 Å². The molecule has 0 aliphatic rings. The van der Waals surface area contributed by atoms with E-state index in [1.54, 1.807) is 11.3 Å². The average Bonchev–Trinajstić information content (AvgIpc) is 2.76. The number of hydrogen-bond acceptors (Lipinski definition) is 3. The maximum atomic E-state index is 10.8. The van der Waals surface area contributed by atoms with E-state index in [1.165, 1.54) is 6.92 Å². The van der Waals surface area contributed by atoms with Gasteiger partial charge in [0.25, 0.3) is 0 Å². The molecule has 0 saturated heterocycles. The minimum absolute atomic E-state index is 0.0311. The third-order valence-electron chi connectivity index (χ3n) is 2.11. The molecule has 2 aromatic rings. The fourth-order valence-corrected chi connectivity index (χ4v) is 2.08. The van der Waals surface area contributed by atoms with Crippen molar-refractivity contribution >= 4 is 17.2 Å². The van der Waals surface area contributed by atoms with Crippen molar-refractivity contribution in [1.82, 2.24) is 10.3 Å². The summed E-state index contributed by atoms with van der Waals surface area (Å²) in [5.41, 5.74) is 2.07. The molecule has 2 rings (SSSR count). The molecule has 82 valence electrons. The monoisotopic (exact) mass is 232 g/mol. The first-order chi connectivity index (χ1) is 7.75. The fourth-order valence-electron chi connectivity index (χ4n) is 1.33. The van der Waals surface area contributed by atoms with Crippen molar-refractivity contribution in [3.8, 4) is 11.3 Å². The van der Waals surface area contributed by atoms with E-state index < -0.39 is 0 Å². The lowest BCUT2D eigenvalue weighted by Gasteiger charge is -1.97. The zero-order valence-electron chi connectivity index (χ0n) is 8.93. The highest BCUT2D eigenvalue weighted by Gasteiger charge is 2.03. The van der Waals surface area contributed by atoms with Gasteiger partial charge in [0.15, 0.2) is 0 Å². The normalized spacial score (nSPS) is 10.1. The standard InChI is InChI=1S/C12H12N2OS/c1-9(15)13-7-12-14-11(8-16-12)10-5-3-2-4-6-10/h2-6,8H,7H2,1H3,(H,13,15). The van der Waals surface area contributed by atoms with Crippen molar-refractivity contribution in [3.63, 3.8) is 0 Å². The number of amides is 1. The topological polar surface area (TPSA) is 42.0 Å². The number of nitrogens with zero attached hydrogens (tertiary/aromatic N) is 1. The van der Waals surface area contributed by atoms with Gasteiger partial charge in [-0.25, -0.2) is 4.98 Å². The molecule has 0 radical (unpaired) electrons. The maximum absolute atomic E-state index is 10.8. The van der Waals surface area contributed by atoms with Crippen LogP contribution in [0.5, 0.6) is 0 Å². The minimum atomic E-state index is -0.0311. The van der Waals surface area contributed by atoms with Gasteiger partial charge in [-0.15, -0.1) is 11.3 Å². The van der Waals surface area contributed by atoms with Gasteiger partial charge in [-0.3, -0.25) is 4.79 Å². The predicted octanol–water partition coefficient (Wildman–Crippen LogP) is 2.45. The van der Waals surface area contributed by atoms with E-state index in [-0.39, 0.29) is 5.91 Å². The van der Waals surface area contributed by atoms with E-state index in [2.05, 4.69) is 10.3 Å². The molecule has 1 N–H and O–H groups in total. The zero-order valence-corrected chi connectivity index (χ0v) is 9.75. The summed E-state index contributed by atoms with van der Waals surface area (Å²) in [6.07, 6.45) is 0. The van der Waals surface area contributed by atoms with Crippen LogP contribution in [0, 0.1) is 0 Å². The Kier molecular flexibility index (Phi) is 3.31. The fraction of sp³-hybridized carbons (Fsp3) is 0.167. The molecule has 0 fully saturated rings. The van der Waals surface area contributed by atoms with Gasteiger partial charge in [-0.1, -0.05) is 30.3 Å². The molecule has 1 aromatic heterocycles. The molecule has 0 aliphatic carbocycles. The van der Waals surface area contributed by atoms with Gasteiger partial charge in [0, 0.05) is 17.9 Å². The first-order valence-electron chi connectivity index (χ1n) is 5.00. The second-order valence-electron chi connectivity index (χ2n) is 3.40. The van der Waals surface area contributed by atoms with Crippen LogP contribution < -0.4 is 5.32 Å². The summed E-state index contributed by atoms with van der Waals surface area (Å²) in [5.74, 6) is -0.0311. The lowest BCUT2D eigenvalue weighted by Crippen LogP contribution is -2.18. The number of hydrogen-bond donors (Lipinski definition) is 1. The van der Waals surface area contributed by atoms with Crippen molar-refractivity contribution in [2.45, 2.75) is 13.5 Å². The highest BCUT2D eigenvalue weighted by Crippen LogP contribution is 2.21. The summed E-state index contributed by atoms with van der Waals surface area (Å²) in [5, 5.41) is 5.67. The second-order valence-corrected chi connectivity index (χ2v) is 4.34. The van der Waals surface area contributed by atoms with Gasteiger partial charge in [0.05, 0.1) is 12.2 Å². The van der Waals surface area contributed by atoms with Crippen LogP contribution in [0.15, 0.2) is 35.7 Å². The lowest BCUT2D eigenvalue weighted by molar-refractivity contribution is -0.119. The number of nitrogens with one attached hydrogen (secondary N) is 1. The molecule has 4 heteroatoms. The molecule has 0 spiro atoms. The largest absolute Gasteiger partial charge is 0.350 e. The molecule has 0 unspecified atom stereocenters. The Hall–Kier alpha value is -1.68. The van der Waals surface area contributed by atoms with E-state index in [9.17, 15) is 4.79 Å². The number of aromatic nitrogens is 1. The molecule has 1 heterocycles. The van der Waals surface area contributed by atoms with Gasteiger partial charge in [0.1, 0.15) is 5.01 Å². The number of carbonyl (C=O) groups is 1. The van der Waals surface area contributed by atoms with Gasteiger partial charge in [-0.05, 0) is 0 Å². The average molecular weight is 232 g/mol. The van der Waals surface area contributed by atoms with Gasteiger partial charge < -0.3 is 5.32 Å². The van der Waals surface area contributed by atoms with Crippen LogP contribution in [-0.4, -0.2) is 10.9 Å². The van der Waals surface area contributed by atoms with E-state index >= 15 is 0 Å². The predicted molar refractivity (Wildman–Crippen MR) is 65.1 cm³/mol. The number of rotatable bonds is 3. The molecule has 0 atom stereocenters. The summed E-state index contributed by atoms with van der Waals surface area (Å²) in [7, 11) is 0. The van der Waals surface area contributed by atoms with Crippen LogP contribution in [0.1, 0.15) is 11.9 Å². The first-order valence-corrected chi connectivity index (χ1v) is 5.88. The van der Waals surface area contributed by atoms with E-state index in [0.717, 1.165) is 16.3 Å². The van der Waals surface area contributed by atoms with Crippen LogP contribution in [0.3, 0.4) is 0 Å². The summed E-state index contributed by atoms with van der Waals surface area (Å²) < 4.78 is 0. The van der Waals surface area contributed by atoms with Gasteiger partial charge in [0.2, 0.25) is 5.91 Å². The van der Waals surface area contributed by atoms with Crippen molar-refractivity contribution in [2.75, 3.05) is 0 Å². The van der Waals surface area contributed by atoms with Crippen molar-refractivity contribution in [2.24, 2.45) is 0 Å². The molecule has 0 aliphatic heterocycles. The van der Waals surface area contributed by atoms with Crippen molar-refractivity contribution < 1.29 is 4.79 Å². The smallest absolute Gasteiger partial charge is 0.217 e. The first kappa shape index (κ1) is 10.8. The molecule has 0 saturated carbocycles. The Morgan fingerprint density at radius 1 is 1.38 bits per heavy atom. The molecule has 1 amide bonds. The zero-order chi connectivity index (χ0) is 11.4. The minimum Gasteiger partial charge on any atom is -0.350 e.